The minimum absolute atomic E-state index is 0.130. The van der Waals surface area contributed by atoms with Gasteiger partial charge in [-0.1, -0.05) is 39.7 Å². The number of halogens is 1. The zero-order valence-corrected chi connectivity index (χ0v) is 16.8. The van der Waals surface area contributed by atoms with Gasteiger partial charge in [-0.05, 0) is 37.3 Å². The minimum Gasteiger partial charge on any atom is -0.321 e. The summed E-state index contributed by atoms with van der Waals surface area (Å²) in [5.74, 6) is -0.417. The fourth-order valence-electron chi connectivity index (χ4n) is 2.08. The van der Waals surface area contributed by atoms with Crippen LogP contribution in [0.3, 0.4) is 0 Å². The summed E-state index contributed by atoms with van der Waals surface area (Å²) < 4.78 is 28.0. The van der Waals surface area contributed by atoms with Gasteiger partial charge in [-0.25, -0.2) is 13.4 Å². The molecule has 0 unspecified atom stereocenters. The lowest BCUT2D eigenvalue weighted by molar-refractivity contribution is 0.102. The van der Waals surface area contributed by atoms with Crippen LogP contribution >= 0.6 is 27.3 Å². The Morgan fingerprint density at radius 3 is 2.58 bits per heavy atom. The average Bonchev–Trinajstić information content (AvgIpc) is 3.03. The van der Waals surface area contributed by atoms with Crippen molar-refractivity contribution in [3.8, 4) is 0 Å². The number of nitrogens with one attached hydrogen (secondary N) is 2. The number of aromatic nitrogens is 1. The van der Waals surface area contributed by atoms with E-state index in [1.807, 2.05) is 13.0 Å². The van der Waals surface area contributed by atoms with Crippen LogP contribution in [0.1, 0.15) is 16.1 Å². The summed E-state index contributed by atoms with van der Waals surface area (Å²) >= 11 is 4.38. The Kier molecular flexibility index (Phi) is 5.40. The Morgan fingerprint density at radius 1 is 1.15 bits per heavy atom. The van der Waals surface area contributed by atoms with Crippen molar-refractivity contribution in [3.63, 3.8) is 0 Å². The molecule has 0 fully saturated rings. The molecular weight excluding hydrogens is 438 g/mol. The van der Waals surface area contributed by atoms with Crippen LogP contribution in [0.25, 0.3) is 0 Å². The fraction of sp³-hybridized carbons (Fsp3) is 0.0588. The number of carbonyl (C=O) groups is 1. The molecule has 2 N–H and O–H groups in total. The Labute approximate surface area is 163 Å². The third kappa shape index (κ3) is 4.48. The highest BCUT2D eigenvalue weighted by Gasteiger charge is 2.18. The lowest BCUT2D eigenvalue weighted by Crippen LogP contribution is -2.14. The van der Waals surface area contributed by atoms with Crippen molar-refractivity contribution in [1.82, 2.24) is 4.98 Å². The number of anilines is 2. The highest BCUT2D eigenvalue weighted by molar-refractivity contribution is 9.10. The maximum absolute atomic E-state index is 12.4. The first kappa shape index (κ1) is 18.6. The number of hydrogen-bond donors (Lipinski definition) is 2. The number of amides is 1. The van der Waals surface area contributed by atoms with E-state index in [1.54, 1.807) is 30.3 Å². The predicted molar refractivity (Wildman–Crippen MR) is 106 cm³/mol. The molecule has 0 aliphatic heterocycles. The molecule has 26 heavy (non-hydrogen) atoms. The third-order valence-electron chi connectivity index (χ3n) is 3.37. The zero-order chi connectivity index (χ0) is 18.7. The minimum atomic E-state index is -3.75. The quantitative estimate of drug-likeness (QED) is 0.606. The van der Waals surface area contributed by atoms with E-state index in [0.717, 1.165) is 21.4 Å². The van der Waals surface area contributed by atoms with E-state index in [9.17, 15) is 13.2 Å². The molecule has 2 aromatic carbocycles. The van der Waals surface area contributed by atoms with Gasteiger partial charge in [0.2, 0.25) is 0 Å². The number of carbonyl (C=O) groups excluding carboxylic acids is 1. The Hall–Kier alpha value is -2.23. The molecule has 0 aliphatic carbocycles. The van der Waals surface area contributed by atoms with Crippen LogP contribution in [0.15, 0.2) is 63.3 Å². The molecule has 9 heteroatoms. The van der Waals surface area contributed by atoms with E-state index >= 15 is 0 Å². The summed E-state index contributed by atoms with van der Waals surface area (Å²) in [5, 5.41) is 4.34. The average molecular weight is 452 g/mol. The van der Waals surface area contributed by atoms with E-state index in [-0.39, 0.29) is 15.7 Å². The predicted octanol–water partition coefficient (Wildman–Crippen LogP) is 4.27. The van der Waals surface area contributed by atoms with Crippen LogP contribution in [0.2, 0.25) is 0 Å². The number of thiazole rings is 1. The highest BCUT2D eigenvalue weighted by atomic mass is 79.9. The van der Waals surface area contributed by atoms with E-state index in [0.29, 0.717) is 5.69 Å². The van der Waals surface area contributed by atoms with Crippen LogP contribution in [-0.2, 0) is 10.0 Å². The van der Waals surface area contributed by atoms with Crippen LogP contribution < -0.4 is 10.0 Å². The summed E-state index contributed by atoms with van der Waals surface area (Å²) in [6.07, 6.45) is 0. The molecule has 0 radical (unpaired) electrons. The van der Waals surface area contributed by atoms with Crippen LogP contribution in [0.5, 0.6) is 0 Å². The largest absolute Gasteiger partial charge is 0.321 e. The van der Waals surface area contributed by atoms with Gasteiger partial charge in [-0.15, -0.1) is 11.3 Å². The van der Waals surface area contributed by atoms with Gasteiger partial charge in [0.1, 0.15) is 5.69 Å². The maximum atomic E-state index is 12.4. The lowest BCUT2D eigenvalue weighted by Gasteiger charge is -2.05. The summed E-state index contributed by atoms with van der Waals surface area (Å²) in [4.78, 5) is 16.5. The van der Waals surface area contributed by atoms with Crippen molar-refractivity contribution < 1.29 is 13.2 Å². The molecule has 3 rings (SSSR count). The maximum Gasteiger partial charge on any atom is 0.275 e. The molecule has 0 aliphatic rings. The second-order valence-electron chi connectivity index (χ2n) is 5.42. The second-order valence-corrected chi connectivity index (χ2v) is 8.88. The zero-order valence-electron chi connectivity index (χ0n) is 13.6. The van der Waals surface area contributed by atoms with Gasteiger partial charge in [-0.2, -0.15) is 0 Å². The molecule has 0 saturated heterocycles. The Balaban J connectivity index is 1.73. The Morgan fingerprint density at radius 2 is 1.88 bits per heavy atom. The molecule has 1 amide bonds. The molecule has 0 bridgehead atoms. The topological polar surface area (TPSA) is 88.2 Å². The molecule has 0 spiro atoms. The first-order valence-corrected chi connectivity index (χ1v) is 10.6. The van der Waals surface area contributed by atoms with Gasteiger partial charge in [0.05, 0.1) is 4.90 Å². The summed E-state index contributed by atoms with van der Waals surface area (Å²) in [7, 11) is -3.75. The summed E-state index contributed by atoms with van der Waals surface area (Å²) in [6, 6.07) is 13.6. The van der Waals surface area contributed by atoms with Crippen LogP contribution in [0, 0.1) is 6.92 Å². The highest BCUT2D eigenvalue weighted by Crippen LogP contribution is 2.22. The van der Waals surface area contributed by atoms with Crippen molar-refractivity contribution in [3.05, 3.63) is 69.6 Å². The van der Waals surface area contributed by atoms with Crippen molar-refractivity contribution in [2.75, 3.05) is 10.0 Å². The number of benzene rings is 2. The summed E-state index contributed by atoms with van der Waals surface area (Å²) in [5.41, 5.74) is 1.71. The van der Waals surface area contributed by atoms with Crippen LogP contribution in [0.4, 0.5) is 10.8 Å². The van der Waals surface area contributed by atoms with Crippen LogP contribution in [-0.4, -0.2) is 19.3 Å². The van der Waals surface area contributed by atoms with E-state index in [2.05, 4.69) is 31.0 Å². The molecule has 134 valence electrons. The van der Waals surface area contributed by atoms with Gasteiger partial charge < -0.3 is 5.32 Å². The van der Waals surface area contributed by atoms with Crippen molar-refractivity contribution in [2.45, 2.75) is 11.8 Å². The fourth-order valence-corrected chi connectivity index (χ4v) is 4.42. The second kappa shape index (κ2) is 7.56. The molecule has 6 nitrogen and oxygen atoms in total. The van der Waals surface area contributed by atoms with Gasteiger partial charge in [0, 0.05) is 15.5 Å². The van der Waals surface area contributed by atoms with Crippen molar-refractivity contribution in [1.29, 1.82) is 0 Å². The molecule has 0 atom stereocenters. The number of aryl methyl sites for hydroxylation is 1. The normalized spacial score (nSPS) is 11.2. The van der Waals surface area contributed by atoms with Crippen molar-refractivity contribution in [2.24, 2.45) is 0 Å². The van der Waals surface area contributed by atoms with Crippen molar-refractivity contribution >= 4 is 54.0 Å². The number of nitrogens with zero attached hydrogens (tertiary/aromatic N) is 1. The number of rotatable bonds is 5. The Bertz CT molecular complexity index is 1050. The number of sulfonamides is 1. The van der Waals surface area contributed by atoms with E-state index in [1.165, 1.54) is 17.5 Å². The lowest BCUT2D eigenvalue weighted by atomic mass is 10.2. The molecular formula is C17H14BrN3O3S2. The van der Waals surface area contributed by atoms with Gasteiger partial charge >= 0.3 is 0 Å². The molecule has 3 aromatic rings. The van der Waals surface area contributed by atoms with Gasteiger partial charge in [0.25, 0.3) is 15.9 Å². The first-order chi connectivity index (χ1) is 12.3. The number of hydrogen-bond acceptors (Lipinski definition) is 5. The molecule has 1 heterocycles. The van der Waals surface area contributed by atoms with E-state index < -0.39 is 15.9 Å². The van der Waals surface area contributed by atoms with Gasteiger partial charge in [-0.3, -0.25) is 9.52 Å². The monoisotopic (exact) mass is 451 g/mol. The third-order valence-corrected chi connectivity index (χ3v) is 6.11. The SMILES string of the molecule is Cc1ccc(S(=O)(=O)Nc2nc(C(=O)Nc3cccc(Br)c3)cs2)cc1. The van der Waals surface area contributed by atoms with E-state index in [4.69, 9.17) is 0 Å². The molecule has 1 aromatic heterocycles. The van der Waals surface area contributed by atoms with Gasteiger partial charge in [0.15, 0.2) is 5.13 Å². The molecule has 0 saturated carbocycles. The smallest absolute Gasteiger partial charge is 0.275 e. The standard InChI is InChI=1S/C17H14BrN3O3S2/c1-11-5-7-14(8-6-11)26(23,24)21-17-20-15(10-25-17)16(22)19-13-4-2-3-12(18)9-13/h2-10H,1H3,(H,19,22)(H,20,21). The summed E-state index contributed by atoms with van der Waals surface area (Å²) in [6.45, 7) is 1.88. The first-order valence-electron chi connectivity index (χ1n) is 7.45.